The minimum Gasteiger partial charge on any atom is -0.477 e. The third-order valence-corrected chi connectivity index (χ3v) is 1.20. The van der Waals surface area contributed by atoms with Crippen LogP contribution in [0.5, 0.6) is 0 Å². The second-order valence-electron chi connectivity index (χ2n) is 2.69. The fourth-order valence-electron chi connectivity index (χ4n) is 0.585. The van der Waals surface area contributed by atoms with Gasteiger partial charge < -0.3 is 5.11 Å². The smallest absolute Gasteiger partial charge is 0.430 e. The molecule has 2 amide bonds. The normalized spacial score (nSPS) is 10.8. The van der Waals surface area contributed by atoms with E-state index in [1.165, 1.54) is 14.1 Å². The van der Waals surface area contributed by atoms with Gasteiger partial charge in [0.05, 0.1) is 14.1 Å². The predicted molar refractivity (Wildman–Crippen MR) is 37.3 cm³/mol. The number of likely N-dealkylation sites (N-methyl/N-ethyl adjacent to an activating group) is 1. The van der Waals surface area contributed by atoms with E-state index in [9.17, 15) is 9.59 Å². The second-order valence-corrected chi connectivity index (χ2v) is 2.69. The molecule has 0 heterocycles. The molecule has 11 heavy (non-hydrogen) atoms. The van der Waals surface area contributed by atoms with Crippen molar-refractivity contribution in [2.45, 2.75) is 0 Å². The average molecular weight is 162 g/mol. The minimum atomic E-state index is -1.04. The number of hydrogen-bond donors (Lipinski definition) is 3. The largest absolute Gasteiger partial charge is 0.477 e. The third kappa shape index (κ3) is 2.96. The van der Waals surface area contributed by atoms with Crippen LogP contribution in [-0.2, 0) is 4.79 Å². The van der Waals surface area contributed by atoms with Gasteiger partial charge in [0.2, 0.25) is 0 Å². The molecule has 0 radical (unpaired) electrons. The molecule has 0 aliphatic carbocycles. The van der Waals surface area contributed by atoms with E-state index in [4.69, 9.17) is 10.9 Å². The lowest BCUT2D eigenvalue weighted by molar-refractivity contribution is -0.801. The minimum absolute atomic E-state index is 0.289. The van der Waals surface area contributed by atoms with Gasteiger partial charge in [0.25, 0.3) is 0 Å². The van der Waals surface area contributed by atoms with Crippen LogP contribution < -0.4 is 11.3 Å². The SMILES string of the molecule is C[N+](C)(CC(=O)O)C(=O)NN. The molecule has 0 aromatic carbocycles. The summed E-state index contributed by atoms with van der Waals surface area (Å²) in [6, 6.07) is -0.535. The van der Waals surface area contributed by atoms with Crippen LogP contribution in [0.25, 0.3) is 0 Å². The Bertz CT molecular complexity index is 178. The van der Waals surface area contributed by atoms with Crippen molar-refractivity contribution in [2.24, 2.45) is 5.84 Å². The molecule has 0 spiro atoms. The van der Waals surface area contributed by atoms with Crippen LogP contribution in [-0.4, -0.2) is 42.2 Å². The Morgan fingerprint density at radius 3 is 2.27 bits per heavy atom. The lowest BCUT2D eigenvalue weighted by Gasteiger charge is -2.22. The monoisotopic (exact) mass is 162 g/mol. The lowest BCUT2D eigenvalue weighted by atomic mass is 10.5. The number of carbonyl (C=O) groups excluding carboxylic acids is 1. The molecule has 0 aromatic heterocycles. The molecule has 64 valence electrons. The van der Waals surface area contributed by atoms with Gasteiger partial charge in [-0.05, 0) is 0 Å². The van der Waals surface area contributed by atoms with Gasteiger partial charge in [-0.3, -0.25) is 0 Å². The van der Waals surface area contributed by atoms with Crippen LogP contribution in [0.3, 0.4) is 0 Å². The number of carboxylic acids is 1. The van der Waals surface area contributed by atoms with E-state index in [-0.39, 0.29) is 11.0 Å². The summed E-state index contributed by atoms with van der Waals surface area (Å²) in [5.41, 5.74) is 1.88. The Morgan fingerprint density at radius 1 is 1.55 bits per heavy atom. The first kappa shape index (κ1) is 9.86. The molecule has 0 atom stereocenters. The molecule has 0 bridgehead atoms. The van der Waals surface area contributed by atoms with Crippen LogP contribution in [0, 0.1) is 0 Å². The predicted octanol–water partition coefficient (Wildman–Crippen LogP) is -1.27. The Hall–Kier alpha value is -1.14. The number of carbonyl (C=O) groups is 2. The molecule has 4 N–H and O–H groups in total. The number of aliphatic carboxylic acids is 1. The first-order chi connectivity index (χ1) is 4.90. The highest BCUT2D eigenvalue weighted by molar-refractivity contribution is 5.73. The highest BCUT2D eigenvalue weighted by Gasteiger charge is 2.28. The fraction of sp³-hybridized carbons (Fsp3) is 0.600. The lowest BCUT2D eigenvalue weighted by Crippen LogP contribution is -2.55. The van der Waals surface area contributed by atoms with E-state index in [1.807, 2.05) is 5.43 Å². The summed E-state index contributed by atoms with van der Waals surface area (Å²) in [6.07, 6.45) is 0. The second kappa shape index (κ2) is 3.31. The zero-order chi connectivity index (χ0) is 9.07. The Morgan fingerprint density at radius 2 is 2.00 bits per heavy atom. The van der Waals surface area contributed by atoms with Crippen LogP contribution in [0.4, 0.5) is 4.79 Å². The quantitative estimate of drug-likeness (QED) is 0.204. The zero-order valence-electron chi connectivity index (χ0n) is 6.50. The zero-order valence-corrected chi connectivity index (χ0v) is 6.50. The first-order valence-corrected chi connectivity index (χ1v) is 2.96. The number of hydrogen-bond acceptors (Lipinski definition) is 3. The number of nitrogens with two attached hydrogens (primary N) is 1. The molecular weight excluding hydrogens is 150 g/mol. The third-order valence-electron chi connectivity index (χ3n) is 1.20. The van der Waals surface area contributed by atoms with Crippen molar-refractivity contribution in [3.8, 4) is 0 Å². The summed E-state index contributed by atoms with van der Waals surface area (Å²) in [5.74, 6) is 3.78. The molecule has 0 saturated heterocycles. The van der Waals surface area contributed by atoms with E-state index in [2.05, 4.69) is 0 Å². The van der Waals surface area contributed by atoms with Crippen LogP contribution in [0.2, 0.25) is 0 Å². The number of hydrazine groups is 1. The summed E-state index contributed by atoms with van der Waals surface area (Å²) < 4.78 is -0.314. The van der Waals surface area contributed by atoms with E-state index in [1.54, 1.807) is 0 Å². The van der Waals surface area contributed by atoms with Gasteiger partial charge in [-0.1, -0.05) is 0 Å². The molecule has 0 fully saturated rings. The fourth-order valence-corrected chi connectivity index (χ4v) is 0.585. The van der Waals surface area contributed by atoms with Gasteiger partial charge in [0.1, 0.15) is 0 Å². The Kier molecular flexibility index (Phi) is 2.97. The number of nitrogens with zero attached hydrogens (tertiary/aromatic N) is 1. The Balaban J connectivity index is 4.21. The average Bonchev–Trinajstić information content (AvgIpc) is 1.83. The van der Waals surface area contributed by atoms with E-state index in [0.717, 1.165) is 0 Å². The maximum atomic E-state index is 10.8. The van der Waals surface area contributed by atoms with Crippen molar-refractivity contribution in [1.82, 2.24) is 5.43 Å². The summed E-state index contributed by atoms with van der Waals surface area (Å²) in [6.45, 7) is -0.289. The summed E-state index contributed by atoms with van der Waals surface area (Å²) in [5, 5.41) is 8.36. The molecule has 6 heteroatoms. The highest BCUT2D eigenvalue weighted by atomic mass is 16.4. The van der Waals surface area contributed by atoms with Crippen molar-refractivity contribution < 1.29 is 19.2 Å². The number of quaternary nitrogens is 1. The van der Waals surface area contributed by atoms with Gasteiger partial charge in [0, 0.05) is 0 Å². The summed E-state index contributed by atoms with van der Waals surface area (Å²) in [7, 11) is 2.91. The number of carboxylic acid groups (broad SMARTS) is 1. The molecule has 0 rings (SSSR count). The van der Waals surface area contributed by atoms with Gasteiger partial charge in [-0.15, -0.1) is 0 Å². The van der Waals surface area contributed by atoms with E-state index in [0.29, 0.717) is 0 Å². The Labute approximate surface area is 64.1 Å². The summed E-state index contributed by atoms with van der Waals surface area (Å²) >= 11 is 0. The molecule has 0 aliphatic rings. The van der Waals surface area contributed by atoms with Crippen LogP contribution >= 0.6 is 0 Å². The van der Waals surface area contributed by atoms with Crippen molar-refractivity contribution in [1.29, 1.82) is 0 Å². The molecule has 0 aliphatic heterocycles. The van der Waals surface area contributed by atoms with Crippen molar-refractivity contribution in [2.75, 3.05) is 20.6 Å². The maximum absolute atomic E-state index is 10.8. The number of amides is 2. The van der Waals surface area contributed by atoms with Crippen molar-refractivity contribution >= 4 is 12.0 Å². The van der Waals surface area contributed by atoms with Crippen molar-refractivity contribution in [3.63, 3.8) is 0 Å². The molecule has 0 unspecified atom stereocenters. The van der Waals surface area contributed by atoms with Gasteiger partial charge >= 0.3 is 12.0 Å². The maximum Gasteiger partial charge on any atom is 0.430 e. The number of nitrogens with one attached hydrogen (secondary N) is 1. The first-order valence-electron chi connectivity index (χ1n) is 2.96. The molecule has 6 nitrogen and oxygen atoms in total. The summed E-state index contributed by atoms with van der Waals surface area (Å²) in [4.78, 5) is 21.0. The topological polar surface area (TPSA) is 92.4 Å². The van der Waals surface area contributed by atoms with Gasteiger partial charge in [-0.25, -0.2) is 25.3 Å². The number of urea groups is 1. The van der Waals surface area contributed by atoms with Crippen LogP contribution in [0.15, 0.2) is 0 Å². The number of rotatable bonds is 2. The van der Waals surface area contributed by atoms with Crippen molar-refractivity contribution in [3.05, 3.63) is 0 Å². The van der Waals surface area contributed by atoms with Gasteiger partial charge in [-0.2, -0.15) is 0 Å². The van der Waals surface area contributed by atoms with E-state index >= 15 is 0 Å². The molecule has 0 saturated carbocycles. The highest BCUT2D eigenvalue weighted by Crippen LogP contribution is 1.95. The van der Waals surface area contributed by atoms with E-state index < -0.39 is 12.0 Å². The van der Waals surface area contributed by atoms with Crippen LogP contribution in [0.1, 0.15) is 0 Å². The molecular formula is C5H12N3O3+. The molecule has 0 aromatic rings. The standard InChI is InChI=1S/C5H11N3O3/c1-8(2,3-4(9)10)5(11)7-6/h3,6H2,1-2H3,(H-,7,9,10,11)/p+1. The van der Waals surface area contributed by atoms with Gasteiger partial charge in [0.15, 0.2) is 6.54 Å².